The van der Waals surface area contributed by atoms with E-state index in [0.29, 0.717) is 12.1 Å². The lowest BCUT2D eigenvalue weighted by atomic mass is 9.99. The summed E-state index contributed by atoms with van der Waals surface area (Å²) in [4.78, 5) is 0. The third-order valence-electron chi connectivity index (χ3n) is 5.88. The fraction of sp³-hybridized carbons (Fsp3) is 0.600. The Balaban J connectivity index is 1.73. The van der Waals surface area contributed by atoms with Crippen LogP contribution in [0.4, 0.5) is 4.39 Å². The van der Waals surface area contributed by atoms with Crippen molar-refractivity contribution in [2.24, 2.45) is 0 Å². The first-order valence-electron chi connectivity index (χ1n) is 9.41. The van der Waals surface area contributed by atoms with E-state index in [9.17, 15) is 4.39 Å². The fourth-order valence-corrected chi connectivity index (χ4v) is 4.50. The molecule has 3 heterocycles. The smallest absolute Gasteiger partial charge is 0.126 e. The van der Waals surface area contributed by atoms with Crippen LogP contribution in [0, 0.1) is 12.7 Å². The first kappa shape index (κ1) is 16.1. The molecule has 0 radical (unpaired) electrons. The summed E-state index contributed by atoms with van der Waals surface area (Å²) in [5, 5.41) is 8.34. The zero-order valence-electron chi connectivity index (χ0n) is 14.8. The number of aromatic nitrogens is 1. The molecule has 2 aliphatic rings. The molecule has 2 N–H and O–H groups in total. The number of rotatable bonds is 3. The molecular formula is C20H28FN3. The average molecular weight is 329 g/mol. The van der Waals surface area contributed by atoms with Gasteiger partial charge >= 0.3 is 0 Å². The van der Waals surface area contributed by atoms with Crippen LogP contribution in [0.15, 0.2) is 12.1 Å². The third kappa shape index (κ3) is 2.76. The maximum Gasteiger partial charge on any atom is 0.126 e. The van der Waals surface area contributed by atoms with Gasteiger partial charge in [0.1, 0.15) is 5.82 Å². The normalized spacial score (nSPS) is 24.3. The van der Waals surface area contributed by atoms with Crippen LogP contribution in [-0.2, 0) is 19.5 Å². The van der Waals surface area contributed by atoms with Crippen LogP contribution in [-0.4, -0.2) is 23.2 Å². The van der Waals surface area contributed by atoms with Crippen LogP contribution in [0.5, 0.6) is 0 Å². The van der Waals surface area contributed by atoms with Gasteiger partial charge in [-0.1, -0.05) is 6.42 Å². The van der Waals surface area contributed by atoms with Gasteiger partial charge in [0.25, 0.3) is 0 Å². The predicted octanol–water partition coefficient (Wildman–Crippen LogP) is 3.66. The lowest BCUT2D eigenvalue weighted by molar-refractivity contribution is 0.365. The minimum absolute atomic E-state index is 0.0879. The first-order valence-corrected chi connectivity index (χ1v) is 9.41. The molecular weight excluding hydrogens is 301 g/mol. The van der Waals surface area contributed by atoms with Crippen molar-refractivity contribution in [2.45, 2.75) is 71.1 Å². The zero-order chi connectivity index (χ0) is 16.7. The molecule has 0 saturated carbocycles. The largest absolute Gasteiger partial charge is 0.344 e. The van der Waals surface area contributed by atoms with Crippen molar-refractivity contribution in [3.63, 3.8) is 0 Å². The average Bonchev–Trinajstić information content (AvgIpc) is 2.90. The molecule has 4 rings (SSSR count). The molecule has 130 valence electrons. The number of hydrogen-bond donors (Lipinski definition) is 2. The molecule has 1 aromatic carbocycles. The van der Waals surface area contributed by atoms with Gasteiger partial charge in [-0.15, -0.1) is 0 Å². The van der Waals surface area contributed by atoms with E-state index in [1.165, 1.54) is 36.0 Å². The summed E-state index contributed by atoms with van der Waals surface area (Å²) in [6.45, 7) is 7.19. The maximum absolute atomic E-state index is 14.1. The summed E-state index contributed by atoms with van der Waals surface area (Å²) in [5.41, 5.74) is 4.75. The zero-order valence-corrected chi connectivity index (χ0v) is 14.8. The van der Waals surface area contributed by atoms with Crippen molar-refractivity contribution in [2.75, 3.05) is 6.54 Å². The third-order valence-corrected chi connectivity index (χ3v) is 5.88. The van der Waals surface area contributed by atoms with Crippen molar-refractivity contribution >= 4 is 10.9 Å². The van der Waals surface area contributed by atoms with E-state index in [-0.39, 0.29) is 5.82 Å². The number of benzene rings is 1. The molecule has 1 saturated heterocycles. The van der Waals surface area contributed by atoms with Crippen molar-refractivity contribution in [3.8, 4) is 0 Å². The Labute approximate surface area is 143 Å². The van der Waals surface area contributed by atoms with Crippen molar-refractivity contribution in [3.05, 3.63) is 34.8 Å². The molecule has 0 bridgehead atoms. The second-order valence-corrected chi connectivity index (χ2v) is 7.56. The molecule has 24 heavy (non-hydrogen) atoms. The molecule has 2 aromatic rings. The van der Waals surface area contributed by atoms with E-state index in [1.807, 2.05) is 13.0 Å². The summed E-state index contributed by atoms with van der Waals surface area (Å²) in [7, 11) is 0. The van der Waals surface area contributed by atoms with Crippen LogP contribution in [0.2, 0.25) is 0 Å². The molecule has 1 aromatic heterocycles. The summed E-state index contributed by atoms with van der Waals surface area (Å²) in [6.07, 6.45) is 6.12. The molecule has 2 unspecified atom stereocenters. The Morgan fingerprint density at radius 2 is 2.12 bits per heavy atom. The highest BCUT2D eigenvalue weighted by atomic mass is 19.1. The number of nitrogens with zero attached hydrogens (tertiary/aromatic N) is 1. The van der Waals surface area contributed by atoms with E-state index in [1.54, 1.807) is 6.07 Å². The highest BCUT2D eigenvalue weighted by Crippen LogP contribution is 2.33. The van der Waals surface area contributed by atoms with Crippen LogP contribution < -0.4 is 10.6 Å². The van der Waals surface area contributed by atoms with Crippen LogP contribution >= 0.6 is 0 Å². The molecule has 2 atom stereocenters. The SMILES string of the molecule is Cc1c(F)ccc2c1c1c(n2CCC2CCCCN2)CC(C)NC1. The Kier molecular flexibility index (Phi) is 4.35. The number of hydrogen-bond acceptors (Lipinski definition) is 2. The predicted molar refractivity (Wildman–Crippen MR) is 96.9 cm³/mol. The number of halogens is 1. The second kappa shape index (κ2) is 6.49. The lowest BCUT2D eigenvalue weighted by Crippen LogP contribution is -2.36. The summed E-state index contributed by atoms with van der Waals surface area (Å²) in [6, 6.07) is 4.73. The van der Waals surface area contributed by atoms with Gasteiger partial charge in [-0.25, -0.2) is 4.39 Å². The second-order valence-electron chi connectivity index (χ2n) is 7.56. The van der Waals surface area contributed by atoms with Gasteiger partial charge in [0.2, 0.25) is 0 Å². The first-order chi connectivity index (χ1) is 11.6. The standard InChI is InChI=1S/C20H28FN3/c1-13-11-19-16(12-23-13)20-14(2)17(21)6-7-18(20)24(19)10-8-15-5-3-4-9-22-15/h6-7,13,15,22-23H,3-5,8-12H2,1-2H3. The van der Waals surface area contributed by atoms with Gasteiger partial charge in [0.05, 0.1) is 0 Å². The van der Waals surface area contributed by atoms with E-state index in [4.69, 9.17) is 0 Å². The van der Waals surface area contributed by atoms with E-state index in [2.05, 4.69) is 22.1 Å². The molecule has 3 nitrogen and oxygen atoms in total. The van der Waals surface area contributed by atoms with Gasteiger partial charge in [-0.2, -0.15) is 0 Å². The molecule has 1 fully saturated rings. The molecule has 0 amide bonds. The van der Waals surface area contributed by atoms with Gasteiger partial charge in [-0.3, -0.25) is 0 Å². The highest BCUT2D eigenvalue weighted by molar-refractivity contribution is 5.89. The molecule has 0 aliphatic carbocycles. The Morgan fingerprint density at radius 1 is 1.25 bits per heavy atom. The van der Waals surface area contributed by atoms with Gasteiger partial charge < -0.3 is 15.2 Å². The number of aryl methyl sites for hydroxylation is 2. The monoisotopic (exact) mass is 329 g/mol. The van der Waals surface area contributed by atoms with E-state index in [0.717, 1.165) is 43.4 Å². The minimum atomic E-state index is -0.0879. The molecule has 4 heteroatoms. The van der Waals surface area contributed by atoms with E-state index < -0.39 is 0 Å². The van der Waals surface area contributed by atoms with Crippen molar-refractivity contribution in [1.29, 1.82) is 0 Å². The number of piperidine rings is 1. The Hall–Kier alpha value is -1.39. The fourth-order valence-electron chi connectivity index (χ4n) is 4.50. The number of fused-ring (bicyclic) bond motifs is 3. The molecule has 0 spiro atoms. The molecule has 2 aliphatic heterocycles. The van der Waals surface area contributed by atoms with Crippen molar-refractivity contribution < 1.29 is 4.39 Å². The summed E-state index contributed by atoms with van der Waals surface area (Å²) >= 11 is 0. The van der Waals surface area contributed by atoms with Gasteiger partial charge in [-0.05, 0) is 62.9 Å². The summed E-state index contributed by atoms with van der Waals surface area (Å²) in [5.74, 6) is -0.0879. The van der Waals surface area contributed by atoms with Crippen LogP contribution in [0.25, 0.3) is 10.9 Å². The minimum Gasteiger partial charge on any atom is -0.344 e. The van der Waals surface area contributed by atoms with Gasteiger partial charge in [0.15, 0.2) is 0 Å². The quantitative estimate of drug-likeness (QED) is 0.900. The number of nitrogens with one attached hydrogen (secondary N) is 2. The van der Waals surface area contributed by atoms with Gasteiger partial charge in [0, 0.05) is 48.2 Å². The van der Waals surface area contributed by atoms with E-state index >= 15 is 0 Å². The Bertz CT molecular complexity index is 743. The highest BCUT2D eigenvalue weighted by Gasteiger charge is 2.25. The summed E-state index contributed by atoms with van der Waals surface area (Å²) < 4.78 is 16.6. The van der Waals surface area contributed by atoms with Crippen molar-refractivity contribution in [1.82, 2.24) is 15.2 Å². The maximum atomic E-state index is 14.1. The lowest BCUT2D eigenvalue weighted by Gasteiger charge is -2.26. The Morgan fingerprint density at radius 3 is 2.92 bits per heavy atom. The topological polar surface area (TPSA) is 29.0 Å². The van der Waals surface area contributed by atoms with Crippen LogP contribution in [0.3, 0.4) is 0 Å². The van der Waals surface area contributed by atoms with Crippen LogP contribution in [0.1, 0.15) is 49.4 Å².